The number of nitrogens with zero attached hydrogens (tertiary/aromatic N) is 2. The number of imide groups is 1. The summed E-state index contributed by atoms with van der Waals surface area (Å²) in [5, 5.41) is 2.78. The van der Waals surface area contributed by atoms with E-state index in [0.29, 0.717) is 24.4 Å². The molecule has 2 aromatic carbocycles. The lowest BCUT2D eigenvalue weighted by molar-refractivity contribution is -0.124. The Balaban J connectivity index is 1.52. The van der Waals surface area contributed by atoms with E-state index in [2.05, 4.69) is 11.4 Å². The molecule has 0 bridgehead atoms. The first kappa shape index (κ1) is 23.5. The molecule has 8 heteroatoms. The van der Waals surface area contributed by atoms with E-state index in [1.165, 1.54) is 34.7 Å². The molecule has 1 N–H and O–H groups in total. The Kier molecular flexibility index (Phi) is 7.25. The molecule has 2 aromatic rings. The third kappa shape index (κ3) is 5.27. The van der Waals surface area contributed by atoms with E-state index in [4.69, 9.17) is 4.74 Å². The van der Waals surface area contributed by atoms with E-state index >= 15 is 0 Å². The number of hydrogen-bond donors (Lipinski definition) is 1. The smallest absolute Gasteiger partial charge is 0.332 e. The monoisotopic (exact) mass is 465 g/mol. The lowest BCUT2D eigenvalue weighted by atomic mass is 9.97. The standard InChI is InChI=1S/C26H28FN3O4/c1-34-22-13-9-20(10-14-22)28-24(31)17-23-25(32)30(21-11-7-19(27)8-12-21)26(33)29(23)16-15-18-5-3-2-4-6-18/h5,7-14,23H,2-4,6,15-17H2,1H3,(H,28,31)/t23-/m0/s1. The Morgan fingerprint density at radius 3 is 2.47 bits per heavy atom. The minimum Gasteiger partial charge on any atom is -0.497 e. The van der Waals surface area contributed by atoms with Crippen molar-refractivity contribution in [3.8, 4) is 5.75 Å². The fourth-order valence-corrected chi connectivity index (χ4v) is 4.37. The molecule has 1 saturated heterocycles. The maximum absolute atomic E-state index is 13.4. The highest BCUT2D eigenvalue weighted by molar-refractivity contribution is 6.22. The van der Waals surface area contributed by atoms with E-state index in [9.17, 15) is 18.8 Å². The molecule has 7 nitrogen and oxygen atoms in total. The highest BCUT2D eigenvalue weighted by Gasteiger charge is 2.46. The summed E-state index contributed by atoms with van der Waals surface area (Å²) < 4.78 is 18.5. The molecule has 34 heavy (non-hydrogen) atoms. The molecule has 2 aliphatic rings. The van der Waals surface area contributed by atoms with Crippen LogP contribution >= 0.6 is 0 Å². The van der Waals surface area contributed by atoms with Crippen LogP contribution in [0.2, 0.25) is 0 Å². The van der Waals surface area contributed by atoms with Crippen molar-refractivity contribution in [1.82, 2.24) is 4.90 Å². The second kappa shape index (κ2) is 10.5. The minimum absolute atomic E-state index is 0.173. The maximum Gasteiger partial charge on any atom is 0.332 e. The zero-order chi connectivity index (χ0) is 24.1. The number of carbonyl (C=O) groups excluding carboxylic acids is 3. The van der Waals surface area contributed by atoms with Gasteiger partial charge in [0.05, 0.1) is 19.2 Å². The third-order valence-corrected chi connectivity index (χ3v) is 6.21. The largest absolute Gasteiger partial charge is 0.497 e. The summed E-state index contributed by atoms with van der Waals surface area (Å²) in [4.78, 5) is 41.9. The molecule has 1 aliphatic carbocycles. The quantitative estimate of drug-likeness (QED) is 0.445. The second-order valence-electron chi connectivity index (χ2n) is 8.48. The van der Waals surface area contributed by atoms with Crippen LogP contribution in [0.15, 0.2) is 60.2 Å². The molecule has 1 fully saturated rings. The maximum atomic E-state index is 13.4. The number of amides is 4. The van der Waals surface area contributed by atoms with Crippen LogP contribution in [0.4, 0.5) is 20.6 Å². The summed E-state index contributed by atoms with van der Waals surface area (Å²) in [5.41, 5.74) is 2.13. The fourth-order valence-electron chi connectivity index (χ4n) is 4.37. The van der Waals surface area contributed by atoms with Crippen molar-refractivity contribution < 1.29 is 23.5 Å². The summed E-state index contributed by atoms with van der Waals surface area (Å²) >= 11 is 0. The van der Waals surface area contributed by atoms with Gasteiger partial charge in [0.25, 0.3) is 5.91 Å². The zero-order valence-corrected chi connectivity index (χ0v) is 19.1. The lowest BCUT2D eigenvalue weighted by Gasteiger charge is -2.23. The molecule has 1 heterocycles. The van der Waals surface area contributed by atoms with Crippen LogP contribution < -0.4 is 15.0 Å². The molecular formula is C26H28FN3O4. The van der Waals surface area contributed by atoms with E-state index in [-0.39, 0.29) is 18.0 Å². The molecule has 0 spiro atoms. The molecule has 0 aromatic heterocycles. The molecule has 1 atom stereocenters. The Labute approximate surface area is 198 Å². The van der Waals surface area contributed by atoms with Crippen molar-refractivity contribution >= 4 is 29.2 Å². The zero-order valence-electron chi connectivity index (χ0n) is 19.1. The summed E-state index contributed by atoms with van der Waals surface area (Å²) in [6, 6.07) is 10.6. The van der Waals surface area contributed by atoms with E-state index in [0.717, 1.165) is 30.6 Å². The van der Waals surface area contributed by atoms with Gasteiger partial charge < -0.3 is 15.0 Å². The van der Waals surface area contributed by atoms with Crippen LogP contribution in [0.3, 0.4) is 0 Å². The normalized spacial score (nSPS) is 18.2. The summed E-state index contributed by atoms with van der Waals surface area (Å²) in [7, 11) is 1.56. The Hall–Kier alpha value is -3.68. The number of urea groups is 1. The first-order chi connectivity index (χ1) is 16.5. The predicted octanol–water partition coefficient (Wildman–Crippen LogP) is 4.89. The molecule has 178 valence electrons. The number of carbonyl (C=O) groups is 3. The number of anilines is 2. The van der Waals surface area contributed by atoms with Gasteiger partial charge in [-0.05, 0) is 80.6 Å². The van der Waals surface area contributed by atoms with Gasteiger partial charge in [0.1, 0.15) is 17.6 Å². The average Bonchev–Trinajstić information content (AvgIpc) is 3.08. The molecular weight excluding hydrogens is 437 g/mol. The van der Waals surface area contributed by atoms with Gasteiger partial charge in [-0.25, -0.2) is 14.1 Å². The number of ether oxygens (including phenoxy) is 1. The second-order valence-corrected chi connectivity index (χ2v) is 8.48. The van der Waals surface area contributed by atoms with Crippen molar-refractivity contribution in [1.29, 1.82) is 0 Å². The van der Waals surface area contributed by atoms with Gasteiger partial charge in [0.2, 0.25) is 5.91 Å². The Morgan fingerprint density at radius 2 is 1.82 bits per heavy atom. The van der Waals surface area contributed by atoms with Gasteiger partial charge in [0, 0.05) is 12.2 Å². The summed E-state index contributed by atoms with van der Waals surface area (Å²) in [6.07, 6.45) is 6.98. The average molecular weight is 466 g/mol. The number of nitrogens with one attached hydrogen (secondary N) is 1. The van der Waals surface area contributed by atoms with Crippen molar-refractivity contribution in [3.63, 3.8) is 0 Å². The van der Waals surface area contributed by atoms with Crippen LogP contribution in [0.1, 0.15) is 38.5 Å². The highest BCUT2D eigenvalue weighted by Crippen LogP contribution is 2.29. The van der Waals surface area contributed by atoms with E-state index in [1.807, 2.05) is 0 Å². The van der Waals surface area contributed by atoms with Crippen molar-refractivity contribution in [2.45, 2.75) is 44.6 Å². The van der Waals surface area contributed by atoms with Crippen molar-refractivity contribution in [3.05, 3.63) is 66.0 Å². The molecule has 0 radical (unpaired) electrons. The summed E-state index contributed by atoms with van der Waals surface area (Å²) in [5.74, 6) is -0.662. The highest BCUT2D eigenvalue weighted by atomic mass is 19.1. The van der Waals surface area contributed by atoms with E-state index < -0.39 is 23.8 Å². The SMILES string of the molecule is COc1ccc(NC(=O)C[C@H]2C(=O)N(c3ccc(F)cc3)C(=O)N2CCC2=CCCCC2)cc1. The summed E-state index contributed by atoms with van der Waals surface area (Å²) in [6.45, 7) is 0.342. The molecule has 1 aliphatic heterocycles. The third-order valence-electron chi connectivity index (χ3n) is 6.21. The van der Waals surface area contributed by atoms with Gasteiger partial charge >= 0.3 is 6.03 Å². The predicted molar refractivity (Wildman–Crippen MR) is 127 cm³/mol. The van der Waals surface area contributed by atoms with Crippen molar-refractivity contribution in [2.24, 2.45) is 0 Å². The van der Waals surface area contributed by atoms with Crippen LogP contribution in [-0.2, 0) is 9.59 Å². The van der Waals surface area contributed by atoms with Crippen LogP contribution in [-0.4, -0.2) is 42.4 Å². The Morgan fingerprint density at radius 1 is 1.09 bits per heavy atom. The van der Waals surface area contributed by atoms with Gasteiger partial charge in [-0.15, -0.1) is 0 Å². The molecule has 4 rings (SSSR count). The first-order valence-electron chi connectivity index (χ1n) is 11.5. The van der Waals surface area contributed by atoms with Crippen LogP contribution in [0.25, 0.3) is 0 Å². The number of hydrogen-bond acceptors (Lipinski definition) is 4. The molecule has 0 saturated carbocycles. The van der Waals surface area contributed by atoms with Gasteiger partial charge in [-0.2, -0.15) is 0 Å². The number of halogens is 1. The molecule has 4 amide bonds. The van der Waals surface area contributed by atoms with E-state index in [1.54, 1.807) is 31.4 Å². The van der Waals surface area contributed by atoms with Gasteiger partial charge in [-0.3, -0.25) is 9.59 Å². The first-order valence-corrected chi connectivity index (χ1v) is 11.5. The fraction of sp³-hybridized carbons (Fsp3) is 0.346. The molecule has 0 unspecified atom stereocenters. The number of methoxy groups -OCH3 is 1. The van der Waals surface area contributed by atoms with Crippen LogP contribution in [0.5, 0.6) is 5.75 Å². The Bertz CT molecular complexity index is 1080. The van der Waals surface area contributed by atoms with Crippen LogP contribution in [0, 0.1) is 5.82 Å². The lowest BCUT2D eigenvalue weighted by Crippen LogP contribution is -2.38. The number of allylic oxidation sites excluding steroid dienone is 1. The minimum atomic E-state index is -0.931. The van der Waals surface area contributed by atoms with Gasteiger partial charge in [-0.1, -0.05) is 11.6 Å². The number of benzene rings is 2. The van der Waals surface area contributed by atoms with Crippen molar-refractivity contribution in [2.75, 3.05) is 23.9 Å². The number of rotatable bonds is 8. The van der Waals surface area contributed by atoms with Gasteiger partial charge in [0.15, 0.2) is 0 Å². The topological polar surface area (TPSA) is 79.0 Å².